The molecular formula is C27H30N6O2S. The largest absolute Gasteiger partial charge is 0.369 e. The lowest BCUT2D eigenvalue weighted by Gasteiger charge is -2.35. The summed E-state index contributed by atoms with van der Waals surface area (Å²) in [4.78, 5) is 14.1. The van der Waals surface area contributed by atoms with Crippen LogP contribution in [0.4, 0.5) is 23.0 Å². The molecule has 186 valence electrons. The molecule has 1 aromatic heterocycles. The number of hydrogen-bond acceptors (Lipinski definition) is 7. The molecule has 5 rings (SSSR count). The molecule has 0 unspecified atom stereocenters. The van der Waals surface area contributed by atoms with Crippen LogP contribution >= 0.6 is 0 Å². The molecule has 0 atom stereocenters. The summed E-state index contributed by atoms with van der Waals surface area (Å²) in [6, 6.07) is 19.6. The lowest BCUT2D eigenvalue weighted by molar-refractivity contribution is 0.312. The number of anilines is 4. The SMILES string of the molecule is Cc1cc(Nc2ncc3cccc(-c4cccc(NS(C)(=O)=O)c4)c3n2)ccc1N1CCN(C)CC1. The monoisotopic (exact) mass is 502 g/mol. The lowest BCUT2D eigenvalue weighted by Crippen LogP contribution is -2.44. The quantitative estimate of drug-likeness (QED) is 0.402. The molecule has 1 aliphatic rings. The number of nitrogens with one attached hydrogen (secondary N) is 2. The minimum Gasteiger partial charge on any atom is -0.369 e. The number of hydrogen-bond donors (Lipinski definition) is 2. The zero-order chi connectivity index (χ0) is 25.3. The number of fused-ring (bicyclic) bond motifs is 1. The number of sulfonamides is 1. The second-order valence-corrected chi connectivity index (χ2v) is 11.1. The Balaban J connectivity index is 1.43. The summed E-state index contributed by atoms with van der Waals surface area (Å²) >= 11 is 0. The number of para-hydroxylation sites is 1. The van der Waals surface area contributed by atoms with E-state index in [0.29, 0.717) is 11.6 Å². The Hall–Kier alpha value is -3.69. The number of benzene rings is 3. The minimum absolute atomic E-state index is 0.507. The van der Waals surface area contributed by atoms with Crippen molar-refractivity contribution in [3.8, 4) is 11.1 Å². The van der Waals surface area contributed by atoms with Crippen LogP contribution in [0.5, 0.6) is 0 Å². The normalized spacial score (nSPS) is 14.7. The molecule has 0 amide bonds. The molecule has 1 fully saturated rings. The first kappa shape index (κ1) is 24.0. The van der Waals surface area contributed by atoms with Crippen molar-refractivity contribution in [1.82, 2.24) is 14.9 Å². The maximum absolute atomic E-state index is 11.7. The van der Waals surface area contributed by atoms with Crippen molar-refractivity contribution in [2.45, 2.75) is 6.92 Å². The van der Waals surface area contributed by atoms with Crippen LogP contribution in [0.2, 0.25) is 0 Å². The summed E-state index contributed by atoms with van der Waals surface area (Å²) in [5.41, 5.74) is 6.47. The molecule has 1 saturated heterocycles. The molecule has 2 N–H and O–H groups in total. The van der Waals surface area contributed by atoms with Gasteiger partial charge in [0.25, 0.3) is 0 Å². The van der Waals surface area contributed by atoms with E-state index in [1.165, 1.54) is 11.3 Å². The van der Waals surface area contributed by atoms with Gasteiger partial charge in [0, 0.05) is 60.4 Å². The first-order chi connectivity index (χ1) is 17.2. The number of nitrogens with zero attached hydrogens (tertiary/aromatic N) is 4. The molecule has 2 heterocycles. The number of aromatic nitrogens is 2. The zero-order valence-corrected chi connectivity index (χ0v) is 21.5. The van der Waals surface area contributed by atoms with Gasteiger partial charge < -0.3 is 15.1 Å². The van der Waals surface area contributed by atoms with Gasteiger partial charge in [-0.3, -0.25) is 4.72 Å². The van der Waals surface area contributed by atoms with Crippen molar-refractivity contribution in [2.75, 3.05) is 54.4 Å². The van der Waals surface area contributed by atoms with E-state index in [9.17, 15) is 8.42 Å². The Morgan fingerprint density at radius 3 is 2.44 bits per heavy atom. The highest BCUT2D eigenvalue weighted by Crippen LogP contribution is 2.31. The molecule has 0 radical (unpaired) electrons. The maximum atomic E-state index is 11.7. The Morgan fingerprint density at radius 2 is 1.69 bits per heavy atom. The second-order valence-electron chi connectivity index (χ2n) is 9.31. The van der Waals surface area contributed by atoms with Gasteiger partial charge in [0.15, 0.2) is 0 Å². The molecular weight excluding hydrogens is 472 g/mol. The zero-order valence-electron chi connectivity index (χ0n) is 20.7. The van der Waals surface area contributed by atoms with Crippen LogP contribution in [-0.2, 0) is 10.0 Å². The molecule has 9 heteroatoms. The van der Waals surface area contributed by atoms with E-state index in [1.807, 2.05) is 36.4 Å². The van der Waals surface area contributed by atoms with Gasteiger partial charge in [-0.15, -0.1) is 0 Å². The van der Waals surface area contributed by atoms with Crippen LogP contribution in [0.15, 0.2) is 66.9 Å². The van der Waals surface area contributed by atoms with Crippen molar-refractivity contribution < 1.29 is 8.42 Å². The fraction of sp³-hybridized carbons (Fsp3) is 0.259. The number of rotatable bonds is 6. The van der Waals surface area contributed by atoms with Crippen molar-refractivity contribution in [3.05, 3.63) is 72.4 Å². The van der Waals surface area contributed by atoms with Crippen LogP contribution in [0, 0.1) is 6.92 Å². The first-order valence-electron chi connectivity index (χ1n) is 11.9. The fourth-order valence-corrected chi connectivity index (χ4v) is 5.13. The van der Waals surface area contributed by atoms with Gasteiger partial charge in [0.1, 0.15) is 0 Å². The van der Waals surface area contributed by atoms with E-state index in [4.69, 9.17) is 4.98 Å². The van der Waals surface area contributed by atoms with E-state index in [1.54, 1.807) is 12.3 Å². The first-order valence-corrected chi connectivity index (χ1v) is 13.8. The molecule has 0 aliphatic carbocycles. The Morgan fingerprint density at radius 1 is 0.917 bits per heavy atom. The molecule has 0 saturated carbocycles. The smallest absolute Gasteiger partial charge is 0.229 e. The summed E-state index contributed by atoms with van der Waals surface area (Å²) in [7, 11) is -1.21. The molecule has 1 aliphatic heterocycles. The van der Waals surface area contributed by atoms with Gasteiger partial charge in [0.2, 0.25) is 16.0 Å². The summed E-state index contributed by atoms with van der Waals surface area (Å²) in [5.74, 6) is 0.507. The van der Waals surface area contributed by atoms with Crippen molar-refractivity contribution in [2.24, 2.45) is 0 Å². The molecule has 8 nitrogen and oxygen atoms in total. The minimum atomic E-state index is -3.37. The van der Waals surface area contributed by atoms with Crippen LogP contribution in [0.3, 0.4) is 0 Å². The van der Waals surface area contributed by atoms with Gasteiger partial charge in [-0.1, -0.05) is 30.3 Å². The van der Waals surface area contributed by atoms with Crippen molar-refractivity contribution in [3.63, 3.8) is 0 Å². The third kappa shape index (κ3) is 5.42. The summed E-state index contributed by atoms with van der Waals surface area (Å²) in [5, 5.41) is 4.26. The predicted molar refractivity (Wildman–Crippen MR) is 148 cm³/mol. The summed E-state index contributed by atoms with van der Waals surface area (Å²) < 4.78 is 25.9. The maximum Gasteiger partial charge on any atom is 0.229 e. The van der Waals surface area contributed by atoms with Gasteiger partial charge in [-0.25, -0.2) is 18.4 Å². The summed E-state index contributed by atoms with van der Waals surface area (Å²) in [6.07, 6.45) is 2.94. The molecule has 0 spiro atoms. The Kier molecular flexibility index (Phi) is 6.51. The van der Waals surface area contributed by atoms with E-state index in [-0.39, 0.29) is 0 Å². The molecule has 0 bridgehead atoms. The van der Waals surface area contributed by atoms with Gasteiger partial charge in [0.05, 0.1) is 11.8 Å². The third-order valence-corrected chi connectivity index (χ3v) is 6.99. The van der Waals surface area contributed by atoms with Crippen LogP contribution in [0.1, 0.15) is 5.56 Å². The van der Waals surface area contributed by atoms with Gasteiger partial charge >= 0.3 is 0 Å². The highest BCUT2D eigenvalue weighted by molar-refractivity contribution is 7.92. The standard InChI is InChI=1S/C27H30N6O2S/c1-19-16-22(10-11-25(19)33-14-12-32(2)13-15-33)29-27-28-18-21-7-5-9-24(26(21)30-27)20-6-4-8-23(17-20)31-36(3,34)35/h4-11,16-18,31H,12-15H2,1-3H3,(H,28,29,30). The Bertz CT molecular complexity index is 1510. The average Bonchev–Trinajstić information content (AvgIpc) is 2.84. The van der Waals surface area contributed by atoms with E-state index in [2.05, 4.69) is 57.0 Å². The highest BCUT2D eigenvalue weighted by Gasteiger charge is 2.16. The average molecular weight is 503 g/mol. The van der Waals surface area contributed by atoms with Crippen molar-refractivity contribution >= 4 is 43.9 Å². The van der Waals surface area contributed by atoms with Crippen LogP contribution < -0.4 is 14.9 Å². The van der Waals surface area contributed by atoms with Gasteiger partial charge in [-0.2, -0.15) is 0 Å². The van der Waals surface area contributed by atoms with E-state index >= 15 is 0 Å². The lowest BCUT2D eigenvalue weighted by atomic mass is 10.0. The van der Waals surface area contributed by atoms with Crippen LogP contribution in [-0.4, -0.2) is 62.8 Å². The van der Waals surface area contributed by atoms with Crippen LogP contribution in [0.25, 0.3) is 22.0 Å². The number of piperazine rings is 1. The van der Waals surface area contributed by atoms with E-state index in [0.717, 1.165) is 60.2 Å². The highest BCUT2D eigenvalue weighted by atomic mass is 32.2. The number of aryl methyl sites for hydroxylation is 1. The Labute approximate surface area is 212 Å². The molecule has 36 heavy (non-hydrogen) atoms. The second kappa shape index (κ2) is 9.75. The molecule has 3 aromatic carbocycles. The summed E-state index contributed by atoms with van der Waals surface area (Å²) in [6.45, 7) is 6.33. The topological polar surface area (TPSA) is 90.5 Å². The van der Waals surface area contributed by atoms with Crippen molar-refractivity contribution in [1.29, 1.82) is 0 Å². The predicted octanol–water partition coefficient (Wildman–Crippen LogP) is 4.47. The van der Waals surface area contributed by atoms with Gasteiger partial charge in [-0.05, 0) is 55.4 Å². The molecule has 4 aromatic rings. The third-order valence-electron chi connectivity index (χ3n) is 6.38. The number of likely N-dealkylation sites (N-methyl/N-ethyl adjacent to an activating group) is 1. The van der Waals surface area contributed by atoms with E-state index < -0.39 is 10.0 Å². The fourth-order valence-electron chi connectivity index (χ4n) is 4.58.